The highest BCUT2D eigenvalue weighted by molar-refractivity contribution is 5.81. The Balaban J connectivity index is 1.83. The molecule has 1 unspecified atom stereocenters. The fourth-order valence-electron chi connectivity index (χ4n) is 2.94. The maximum Gasteiger partial charge on any atom is 0.263 e. The number of hydrogen-bond donors (Lipinski definition) is 1. The van der Waals surface area contributed by atoms with Gasteiger partial charge in [-0.05, 0) is 56.8 Å². The van der Waals surface area contributed by atoms with Gasteiger partial charge in [-0.2, -0.15) is 0 Å². The van der Waals surface area contributed by atoms with Crippen LogP contribution in [0.25, 0.3) is 0 Å². The predicted octanol–water partition coefficient (Wildman–Crippen LogP) is 2.51. The van der Waals surface area contributed by atoms with Crippen LogP contribution in [0.3, 0.4) is 0 Å². The highest BCUT2D eigenvalue weighted by Gasteiger charge is 2.28. The van der Waals surface area contributed by atoms with E-state index in [4.69, 9.17) is 15.2 Å². The monoisotopic (exact) mass is 334 g/mol. The van der Waals surface area contributed by atoms with Gasteiger partial charge in [-0.15, -0.1) is 0 Å². The van der Waals surface area contributed by atoms with Crippen molar-refractivity contribution in [3.63, 3.8) is 0 Å². The number of nitrogens with zero attached hydrogens (tertiary/aromatic N) is 1. The van der Waals surface area contributed by atoms with Gasteiger partial charge in [0.2, 0.25) is 0 Å². The van der Waals surface area contributed by atoms with Gasteiger partial charge in [0.25, 0.3) is 5.91 Å². The molecule has 0 bridgehead atoms. The first-order chi connectivity index (χ1) is 11.6. The van der Waals surface area contributed by atoms with E-state index in [1.54, 1.807) is 0 Å². The van der Waals surface area contributed by atoms with Crippen molar-refractivity contribution in [1.82, 2.24) is 4.90 Å². The molecule has 134 valence electrons. The van der Waals surface area contributed by atoms with Gasteiger partial charge in [-0.3, -0.25) is 4.79 Å². The van der Waals surface area contributed by atoms with Gasteiger partial charge in [0, 0.05) is 19.7 Å². The zero-order valence-electron chi connectivity index (χ0n) is 14.9. The minimum atomic E-state index is -0.415. The van der Waals surface area contributed by atoms with Crippen molar-refractivity contribution in [3.05, 3.63) is 29.8 Å². The fourth-order valence-corrected chi connectivity index (χ4v) is 2.94. The van der Waals surface area contributed by atoms with Crippen molar-refractivity contribution >= 4 is 5.91 Å². The average molecular weight is 334 g/mol. The van der Waals surface area contributed by atoms with E-state index in [0.717, 1.165) is 43.7 Å². The SMILES string of the molecule is CCC(Oc1cccc(C)c1)C(=O)N1CCC(OCCCN)CC1. The van der Waals surface area contributed by atoms with Crippen molar-refractivity contribution < 1.29 is 14.3 Å². The second-order valence-corrected chi connectivity index (χ2v) is 6.37. The first-order valence-corrected chi connectivity index (χ1v) is 8.97. The molecule has 5 heteroatoms. The molecule has 0 radical (unpaired) electrons. The van der Waals surface area contributed by atoms with Crippen LogP contribution >= 0.6 is 0 Å². The Morgan fingerprint density at radius 2 is 2.12 bits per heavy atom. The number of carbonyl (C=O) groups is 1. The third kappa shape index (κ3) is 5.49. The van der Waals surface area contributed by atoms with E-state index in [9.17, 15) is 4.79 Å². The third-order valence-electron chi connectivity index (χ3n) is 4.37. The van der Waals surface area contributed by atoms with Crippen LogP contribution in [0, 0.1) is 6.92 Å². The number of carbonyl (C=O) groups excluding carboxylic acids is 1. The van der Waals surface area contributed by atoms with Crippen molar-refractivity contribution in [2.24, 2.45) is 5.73 Å². The minimum Gasteiger partial charge on any atom is -0.481 e. The number of ether oxygens (including phenoxy) is 2. The molecule has 2 rings (SSSR count). The molecule has 2 N–H and O–H groups in total. The summed E-state index contributed by atoms with van der Waals surface area (Å²) in [5.41, 5.74) is 6.61. The normalized spacial score (nSPS) is 16.9. The van der Waals surface area contributed by atoms with Crippen LogP contribution in [0.4, 0.5) is 0 Å². The topological polar surface area (TPSA) is 64.8 Å². The summed E-state index contributed by atoms with van der Waals surface area (Å²) in [7, 11) is 0. The molecule has 0 aliphatic carbocycles. The van der Waals surface area contributed by atoms with Crippen LogP contribution in [-0.2, 0) is 9.53 Å². The van der Waals surface area contributed by atoms with Crippen molar-refractivity contribution in [2.45, 2.75) is 51.7 Å². The first-order valence-electron chi connectivity index (χ1n) is 8.97. The van der Waals surface area contributed by atoms with E-state index in [0.29, 0.717) is 19.6 Å². The van der Waals surface area contributed by atoms with Crippen LogP contribution in [0.15, 0.2) is 24.3 Å². The van der Waals surface area contributed by atoms with Gasteiger partial charge < -0.3 is 20.1 Å². The Morgan fingerprint density at radius 1 is 1.38 bits per heavy atom. The van der Waals surface area contributed by atoms with Crippen LogP contribution in [0.5, 0.6) is 5.75 Å². The van der Waals surface area contributed by atoms with Crippen molar-refractivity contribution in [3.8, 4) is 5.75 Å². The summed E-state index contributed by atoms with van der Waals surface area (Å²) in [6, 6.07) is 7.84. The van der Waals surface area contributed by atoms with Gasteiger partial charge in [0.05, 0.1) is 6.10 Å². The highest BCUT2D eigenvalue weighted by atomic mass is 16.5. The van der Waals surface area contributed by atoms with Gasteiger partial charge >= 0.3 is 0 Å². The highest BCUT2D eigenvalue weighted by Crippen LogP contribution is 2.19. The van der Waals surface area contributed by atoms with E-state index in [1.807, 2.05) is 43.0 Å². The largest absolute Gasteiger partial charge is 0.481 e. The number of aryl methyl sites for hydroxylation is 1. The predicted molar refractivity (Wildman–Crippen MR) is 95.1 cm³/mol. The van der Waals surface area contributed by atoms with E-state index in [2.05, 4.69) is 0 Å². The average Bonchev–Trinajstić information content (AvgIpc) is 2.60. The molecule has 0 spiro atoms. The maximum atomic E-state index is 12.7. The fraction of sp³-hybridized carbons (Fsp3) is 0.632. The van der Waals surface area contributed by atoms with Crippen LogP contribution in [0.1, 0.15) is 38.2 Å². The zero-order chi connectivity index (χ0) is 17.4. The standard InChI is InChI=1S/C19H30N2O3/c1-3-18(24-17-7-4-6-15(2)14-17)19(22)21-11-8-16(9-12-21)23-13-5-10-20/h4,6-7,14,16,18H,3,5,8-13,20H2,1-2H3. The molecule has 1 aromatic carbocycles. The van der Waals surface area contributed by atoms with Gasteiger partial charge in [0.15, 0.2) is 6.10 Å². The summed E-state index contributed by atoms with van der Waals surface area (Å²) >= 11 is 0. The van der Waals surface area contributed by atoms with Gasteiger partial charge in [-0.25, -0.2) is 0 Å². The number of hydrogen-bond acceptors (Lipinski definition) is 4. The Morgan fingerprint density at radius 3 is 2.75 bits per heavy atom. The Hall–Kier alpha value is -1.59. The summed E-state index contributed by atoms with van der Waals surface area (Å²) in [6.07, 6.45) is 3.16. The van der Waals surface area contributed by atoms with Crippen molar-refractivity contribution in [2.75, 3.05) is 26.2 Å². The molecule has 1 saturated heterocycles. The minimum absolute atomic E-state index is 0.0828. The molecule has 1 amide bonds. The number of nitrogens with two attached hydrogens (primary N) is 1. The Bertz CT molecular complexity index is 513. The molecular formula is C19H30N2O3. The number of piperidine rings is 1. The maximum absolute atomic E-state index is 12.7. The molecule has 1 aliphatic rings. The lowest BCUT2D eigenvalue weighted by Gasteiger charge is -2.34. The molecule has 1 atom stereocenters. The van der Waals surface area contributed by atoms with Crippen molar-refractivity contribution in [1.29, 1.82) is 0 Å². The molecule has 1 aliphatic heterocycles. The summed E-state index contributed by atoms with van der Waals surface area (Å²) in [4.78, 5) is 14.6. The number of likely N-dealkylation sites (tertiary alicyclic amines) is 1. The molecule has 1 heterocycles. The lowest BCUT2D eigenvalue weighted by atomic mass is 10.1. The Labute approximate surface area is 145 Å². The second-order valence-electron chi connectivity index (χ2n) is 6.37. The van der Waals surface area contributed by atoms with Gasteiger partial charge in [0.1, 0.15) is 5.75 Å². The smallest absolute Gasteiger partial charge is 0.263 e. The molecule has 1 aromatic rings. The lowest BCUT2D eigenvalue weighted by molar-refractivity contribution is -0.141. The third-order valence-corrected chi connectivity index (χ3v) is 4.37. The number of rotatable bonds is 8. The molecule has 0 aromatic heterocycles. The van der Waals surface area contributed by atoms with Crippen LogP contribution < -0.4 is 10.5 Å². The van der Waals surface area contributed by atoms with E-state index >= 15 is 0 Å². The van der Waals surface area contributed by atoms with E-state index in [-0.39, 0.29) is 12.0 Å². The Kier molecular flexibility index (Phi) is 7.53. The molecule has 0 saturated carbocycles. The molecule has 1 fully saturated rings. The summed E-state index contributed by atoms with van der Waals surface area (Å²) < 4.78 is 11.7. The lowest BCUT2D eigenvalue weighted by Crippen LogP contribution is -2.47. The van der Waals surface area contributed by atoms with Gasteiger partial charge in [-0.1, -0.05) is 19.1 Å². The van der Waals surface area contributed by atoms with E-state index in [1.165, 1.54) is 0 Å². The zero-order valence-corrected chi connectivity index (χ0v) is 14.9. The molecular weight excluding hydrogens is 304 g/mol. The quantitative estimate of drug-likeness (QED) is 0.742. The van der Waals surface area contributed by atoms with Crippen LogP contribution in [0.2, 0.25) is 0 Å². The number of benzene rings is 1. The van der Waals surface area contributed by atoms with Crippen LogP contribution in [-0.4, -0.2) is 49.3 Å². The number of amides is 1. The molecule has 5 nitrogen and oxygen atoms in total. The summed E-state index contributed by atoms with van der Waals surface area (Å²) in [5, 5.41) is 0. The summed E-state index contributed by atoms with van der Waals surface area (Å²) in [6.45, 7) is 6.85. The van der Waals surface area contributed by atoms with E-state index < -0.39 is 6.10 Å². The molecule has 24 heavy (non-hydrogen) atoms. The second kappa shape index (κ2) is 9.64. The first kappa shape index (κ1) is 18.7. The summed E-state index contributed by atoms with van der Waals surface area (Å²) in [5.74, 6) is 0.842.